The Hall–Kier alpha value is -2.41. The van der Waals surface area contributed by atoms with Gasteiger partial charge in [0.15, 0.2) is 0 Å². The van der Waals surface area contributed by atoms with Gasteiger partial charge in [-0.3, -0.25) is 4.98 Å². The Kier molecular flexibility index (Phi) is 4.42. The normalized spacial score (nSPS) is 15.3. The fourth-order valence-corrected chi connectivity index (χ4v) is 3.76. The van der Waals surface area contributed by atoms with E-state index in [1.54, 1.807) is 0 Å². The van der Waals surface area contributed by atoms with Gasteiger partial charge >= 0.3 is 0 Å². The van der Waals surface area contributed by atoms with Crippen LogP contribution in [0.25, 0.3) is 22.4 Å². The second kappa shape index (κ2) is 7.00. The van der Waals surface area contributed by atoms with Crippen LogP contribution in [0.4, 0.5) is 0 Å². The van der Waals surface area contributed by atoms with Gasteiger partial charge < -0.3 is 0 Å². The molecule has 0 saturated heterocycles. The van der Waals surface area contributed by atoms with Crippen molar-refractivity contribution in [2.75, 3.05) is 0 Å². The zero-order valence-corrected chi connectivity index (χ0v) is 14.0. The van der Waals surface area contributed by atoms with E-state index in [-0.39, 0.29) is 0 Å². The Morgan fingerprint density at radius 2 is 1.42 bits per heavy atom. The van der Waals surface area contributed by atoms with Crippen LogP contribution in [0.2, 0.25) is 0 Å². The summed E-state index contributed by atoms with van der Waals surface area (Å²) in [6, 6.07) is 23.9. The van der Waals surface area contributed by atoms with Gasteiger partial charge in [-0.25, -0.2) is 0 Å². The Labute approximate surface area is 144 Å². The van der Waals surface area contributed by atoms with Crippen molar-refractivity contribution in [2.24, 2.45) is 0 Å². The smallest absolute Gasteiger partial charge is 0.0708 e. The molecule has 1 saturated carbocycles. The molecule has 1 aliphatic rings. The maximum absolute atomic E-state index is 4.53. The molecular formula is C23H23N. The largest absolute Gasteiger partial charge is 0.256 e. The third kappa shape index (κ3) is 3.26. The third-order valence-corrected chi connectivity index (χ3v) is 5.15. The van der Waals surface area contributed by atoms with E-state index in [1.807, 2.05) is 12.3 Å². The summed E-state index contributed by atoms with van der Waals surface area (Å²) in [6.07, 6.45) is 8.80. The Morgan fingerprint density at radius 3 is 2.17 bits per heavy atom. The van der Waals surface area contributed by atoms with Gasteiger partial charge in [-0.2, -0.15) is 0 Å². The molecule has 120 valence electrons. The zero-order valence-electron chi connectivity index (χ0n) is 14.0. The molecule has 1 heteroatoms. The van der Waals surface area contributed by atoms with Crippen molar-refractivity contribution in [2.45, 2.75) is 38.0 Å². The lowest BCUT2D eigenvalue weighted by Crippen LogP contribution is -2.04. The highest BCUT2D eigenvalue weighted by Gasteiger charge is 2.15. The molecule has 1 nitrogen and oxygen atoms in total. The minimum Gasteiger partial charge on any atom is -0.256 e. The van der Waals surface area contributed by atoms with Gasteiger partial charge in [0, 0.05) is 11.8 Å². The molecule has 0 aliphatic heterocycles. The van der Waals surface area contributed by atoms with Crippen LogP contribution in [-0.4, -0.2) is 4.98 Å². The first-order chi connectivity index (χ1) is 11.9. The summed E-state index contributed by atoms with van der Waals surface area (Å²) in [4.78, 5) is 4.53. The third-order valence-electron chi connectivity index (χ3n) is 5.15. The molecule has 0 amide bonds. The lowest BCUT2D eigenvalue weighted by molar-refractivity contribution is 0.443. The van der Waals surface area contributed by atoms with Crippen molar-refractivity contribution in [1.29, 1.82) is 0 Å². The molecule has 24 heavy (non-hydrogen) atoms. The molecule has 0 atom stereocenters. The molecule has 1 aromatic heterocycles. The molecule has 0 N–H and O–H groups in total. The zero-order chi connectivity index (χ0) is 16.2. The van der Waals surface area contributed by atoms with E-state index in [1.165, 1.54) is 48.8 Å². The van der Waals surface area contributed by atoms with Crippen LogP contribution in [0.1, 0.15) is 43.6 Å². The SMILES string of the molecule is c1ccc(-c2cc(-c3ccc(C4CCCCC4)cc3)ccn2)cc1. The van der Waals surface area contributed by atoms with Gasteiger partial charge in [-0.1, -0.05) is 73.9 Å². The molecule has 3 aromatic rings. The van der Waals surface area contributed by atoms with Crippen LogP contribution in [0.5, 0.6) is 0 Å². The van der Waals surface area contributed by atoms with Crippen molar-refractivity contribution >= 4 is 0 Å². The summed E-state index contributed by atoms with van der Waals surface area (Å²) in [7, 11) is 0. The lowest BCUT2D eigenvalue weighted by atomic mass is 9.84. The topological polar surface area (TPSA) is 12.9 Å². The summed E-state index contributed by atoms with van der Waals surface area (Å²) in [5.74, 6) is 0.769. The monoisotopic (exact) mass is 313 g/mol. The molecule has 1 fully saturated rings. The van der Waals surface area contributed by atoms with Gasteiger partial charge in [0.25, 0.3) is 0 Å². The number of pyridine rings is 1. The summed E-state index contributed by atoms with van der Waals surface area (Å²) in [5.41, 5.74) is 6.21. The van der Waals surface area contributed by atoms with E-state index < -0.39 is 0 Å². The molecular weight excluding hydrogens is 290 g/mol. The van der Waals surface area contributed by atoms with Crippen LogP contribution in [0.3, 0.4) is 0 Å². The van der Waals surface area contributed by atoms with Crippen molar-refractivity contribution < 1.29 is 0 Å². The van der Waals surface area contributed by atoms with E-state index in [9.17, 15) is 0 Å². The molecule has 2 aromatic carbocycles. The van der Waals surface area contributed by atoms with Crippen LogP contribution >= 0.6 is 0 Å². The Bertz CT molecular complexity index is 784. The minimum atomic E-state index is 0.769. The minimum absolute atomic E-state index is 0.769. The van der Waals surface area contributed by atoms with Crippen molar-refractivity contribution in [3.63, 3.8) is 0 Å². The number of aromatic nitrogens is 1. The van der Waals surface area contributed by atoms with Crippen molar-refractivity contribution in [3.05, 3.63) is 78.5 Å². The number of benzene rings is 2. The average Bonchev–Trinajstić information content (AvgIpc) is 2.70. The fraction of sp³-hybridized carbons (Fsp3) is 0.261. The van der Waals surface area contributed by atoms with E-state index in [0.717, 1.165) is 17.2 Å². The number of rotatable bonds is 3. The maximum atomic E-state index is 4.53. The van der Waals surface area contributed by atoms with E-state index in [2.05, 4.69) is 65.6 Å². The molecule has 0 unspecified atom stereocenters. The number of hydrogen-bond donors (Lipinski definition) is 0. The highest BCUT2D eigenvalue weighted by Crippen LogP contribution is 2.33. The Morgan fingerprint density at radius 1 is 0.667 bits per heavy atom. The van der Waals surface area contributed by atoms with E-state index >= 15 is 0 Å². The first-order valence-electron chi connectivity index (χ1n) is 9.02. The van der Waals surface area contributed by atoms with Crippen LogP contribution in [0.15, 0.2) is 72.9 Å². The first-order valence-corrected chi connectivity index (χ1v) is 9.02. The Balaban J connectivity index is 1.60. The predicted octanol–water partition coefficient (Wildman–Crippen LogP) is 6.46. The van der Waals surface area contributed by atoms with Gasteiger partial charge in [0.2, 0.25) is 0 Å². The van der Waals surface area contributed by atoms with Gasteiger partial charge in [0.1, 0.15) is 0 Å². The van der Waals surface area contributed by atoms with Crippen LogP contribution < -0.4 is 0 Å². The van der Waals surface area contributed by atoms with Gasteiger partial charge in [0.05, 0.1) is 5.69 Å². The van der Waals surface area contributed by atoms with Crippen molar-refractivity contribution in [1.82, 2.24) is 4.98 Å². The second-order valence-corrected chi connectivity index (χ2v) is 6.75. The van der Waals surface area contributed by atoms with Crippen molar-refractivity contribution in [3.8, 4) is 22.4 Å². The maximum Gasteiger partial charge on any atom is 0.0708 e. The first kappa shape index (κ1) is 15.1. The molecule has 4 rings (SSSR count). The quantitative estimate of drug-likeness (QED) is 0.540. The summed E-state index contributed by atoms with van der Waals surface area (Å²) in [6.45, 7) is 0. The highest BCUT2D eigenvalue weighted by molar-refractivity contribution is 5.70. The summed E-state index contributed by atoms with van der Waals surface area (Å²) < 4.78 is 0. The summed E-state index contributed by atoms with van der Waals surface area (Å²) >= 11 is 0. The van der Waals surface area contributed by atoms with Gasteiger partial charge in [-0.15, -0.1) is 0 Å². The summed E-state index contributed by atoms with van der Waals surface area (Å²) in [5, 5.41) is 0. The van der Waals surface area contributed by atoms with E-state index in [0.29, 0.717) is 0 Å². The molecule has 1 heterocycles. The second-order valence-electron chi connectivity index (χ2n) is 6.75. The van der Waals surface area contributed by atoms with E-state index in [4.69, 9.17) is 0 Å². The molecule has 0 spiro atoms. The highest BCUT2D eigenvalue weighted by atomic mass is 14.7. The molecule has 0 radical (unpaired) electrons. The fourth-order valence-electron chi connectivity index (χ4n) is 3.76. The standard InChI is InChI=1S/C23H23N/c1-3-7-18(8-4-1)19-11-13-20(14-12-19)22-15-16-24-23(17-22)21-9-5-2-6-10-21/h2,5-6,9-18H,1,3-4,7-8H2. The predicted molar refractivity (Wildman–Crippen MR) is 101 cm³/mol. The van der Waals surface area contributed by atoms with Crippen LogP contribution in [-0.2, 0) is 0 Å². The number of hydrogen-bond acceptors (Lipinski definition) is 1. The van der Waals surface area contributed by atoms with Crippen LogP contribution in [0, 0.1) is 0 Å². The number of nitrogens with zero attached hydrogens (tertiary/aromatic N) is 1. The van der Waals surface area contributed by atoms with Gasteiger partial charge in [-0.05, 0) is 47.6 Å². The molecule has 0 bridgehead atoms. The molecule has 1 aliphatic carbocycles. The average molecular weight is 313 g/mol. The lowest BCUT2D eigenvalue weighted by Gasteiger charge is -2.22.